The summed E-state index contributed by atoms with van der Waals surface area (Å²) in [4.78, 5) is 55.9. The second kappa shape index (κ2) is 13.7. The number of nitrogens with two attached hydrogens (primary N) is 1. The van der Waals surface area contributed by atoms with E-state index >= 15 is 0 Å². The molecule has 17 heteroatoms. The number of hydrogen-bond acceptors (Lipinski definition) is 10. The average molecular weight is 700 g/mol. The number of carbonyl (C=O) groups is 2. The molecule has 0 aromatic carbocycles. The maximum Gasteiger partial charge on any atom is 0.434 e. The highest BCUT2D eigenvalue weighted by Crippen LogP contribution is 2.42. The third-order valence-corrected chi connectivity index (χ3v) is 9.77. The molecule has 2 aliphatic heterocycles. The topological polar surface area (TPSA) is 172 Å². The third kappa shape index (κ3) is 6.95. The lowest BCUT2D eigenvalue weighted by Crippen LogP contribution is -2.34. The number of likely N-dealkylation sites (N-methyl/N-ethyl adjacent to an activating group) is 1. The van der Waals surface area contributed by atoms with Gasteiger partial charge in [-0.25, -0.2) is 24.5 Å². The summed E-state index contributed by atoms with van der Waals surface area (Å²) in [5.74, 6) is -0.920. The zero-order valence-electron chi connectivity index (χ0n) is 26.9. The number of urea groups is 1. The van der Waals surface area contributed by atoms with Crippen molar-refractivity contribution in [3.05, 3.63) is 51.4 Å². The van der Waals surface area contributed by atoms with Gasteiger partial charge in [0.05, 0.1) is 5.39 Å². The molecule has 2 saturated heterocycles. The van der Waals surface area contributed by atoms with E-state index in [2.05, 4.69) is 32.4 Å². The molecule has 0 bridgehead atoms. The zero-order valence-corrected chi connectivity index (χ0v) is 27.7. The van der Waals surface area contributed by atoms with Gasteiger partial charge in [0.1, 0.15) is 27.9 Å². The van der Waals surface area contributed by atoms with Crippen LogP contribution in [0.15, 0.2) is 34.7 Å². The van der Waals surface area contributed by atoms with Crippen LogP contribution in [0.5, 0.6) is 0 Å². The summed E-state index contributed by atoms with van der Waals surface area (Å²) in [6.45, 7) is 7.19. The molecule has 0 spiro atoms. The summed E-state index contributed by atoms with van der Waals surface area (Å²) in [6.07, 6.45) is 0.564. The number of fused-ring (bicyclic) bond motifs is 1. The van der Waals surface area contributed by atoms with E-state index in [1.165, 1.54) is 24.5 Å². The lowest BCUT2D eigenvalue weighted by Gasteiger charge is -2.26. The van der Waals surface area contributed by atoms with E-state index < -0.39 is 34.9 Å². The fraction of sp³-hybridized carbons (Fsp3) is 0.438. The van der Waals surface area contributed by atoms with Crippen molar-refractivity contribution < 1.29 is 27.9 Å². The Morgan fingerprint density at radius 3 is 2.57 bits per heavy atom. The second-order valence-electron chi connectivity index (χ2n) is 12.1. The van der Waals surface area contributed by atoms with E-state index in [1.54, 1.807) is 11.5 Å². The van der Waals surface area contributed by atoms with E-state index in [9.17, 15) is 32.7 Å². The minimum atomic E-state index is -4.70. The molecule has 0 aliphatic carbocycles. The van der Waals surface area contributed by atoms with Gasteiger partial charge in [-0.05, 0) is 51.4 Å². The highest BCUT2D eigenvalue weighted by molar-refractivity contribution is 7.13. The Labute approximate surface area is 283 Å². The first-order valence-corrected chi connectivity index (χ1v) is 16.9. The number of thiazole rings is 1. The van der Waals surface area contributed by atoms with E-state index in [4.69, 9.17) is 10.7 Å². The van der Waals surface area contributed by atoms with Gasteiger partial charge in [-0.1, -0.05) is 6.92 Å². The molecule has 2 fully saturated rings. The smallest absolute Gasteiger partial charge is 0.434 e. The Morgan fingerprint density at radius 2 is 1.92 bits per heavy atom. The molecule has 2 atom stereocenters. The number of alkyl halides is 3. The van der Waals surface area contributed by atoms with Crippen molar-refractivity contribution >= 4 is 46.0 Å². The van der Waals surface area contributed by atoms with Gasteiger partial charge in [-0.2, -0.15) is 13.2 Å². The van der Waals surface area contributed by atoms with Gasteiger partial charge in [0, 0.05) is 72.7 Å². The van der Waals surface area contributed by atoms with Crippen LogP contribution in [0.2, 0.25) is 0 Å². The number of nitrogens with zero attached hydrogens (tertiary/aromatic N) is 6. The molecule has 260 valence electrons. The summed E-state index contributed by atoms with van der Waals surface area (Å²) >= 11 is 0.761. The summed E-state index contributed by atoms with van der Waals surface area (Å²) < 4.78 is 42.8. The average Bonchev–Trinajstić information content (AvgIpc) is 3.83. The molecule has 6 rings (SSSR count). The van der Waals surface area contributed by atoms with Gasteiger partial charge in [0.2, 0.25) is 5.43 Å². The number of rotatable bonds is 9. The van der Waals surface area contributed by atoms with Gasteiger partial charge in [0.15, 0.2) is 5.69 Å². The van der Waals surface area contributed by atoms with Crippen molar-refractivity contribution in [2.75, 3.05) is 42.9 Å². The van der Waals surface area contributed by atoms with Crippen LogP contribution >= 0.6 is 11.3 Å². The summed E-state index contributed by atoms with van der Waals surface area (Å²) in [5.41, 5.74) is 5.15. The number of likely N-dealkylation sites (tertiary alicyclic amines) is 1. The predicted molar refractivity (Wildman–Crippen MR) is 180 cm³/mol. The standard InChI is InChI=1S/C32H36F3N9O4S/c1-3-37-31(48)40-25-11-20(29-39-24(16-49-29)32(33,34)35)22(12-38-25)19-10-21-26(45)23(30(46)47)15-44(14-18-6-5-8-42(18)4-2)28(21)41-27(19)43-9-7-17(36)13-43/h10-12,15-18H,3-9,13-14,36H2,1-2H3,(H,46,47)(H2,37,38,40,48)/t17?,18-/m0/s1. The molecule has 4 aromatic rings. The molecule has 2 aliphatic rings. The van der Waals surface area contributed by atoms with Crippen LogP contribution < -0.4 is 26.7 Å². The number of carbonyl (C=O) groups excluding carboxylic acids is 1. The maximum atomic E-state index is 13.8. The minimum Gasteiger partial charge on any atom is -0.477 e. The summed E-state index contributed by atoms with van der Waals surface area (Å²) in [5, 5.41) is 16.1. The van der Waals surface area contributed by atoms with Gasteiger partial charge < -0.3 is 25.6 Å². The van der Waals surface area contributed by atoms with E-state index in [0.29, 0.717) is 44.0 Å². The molecule has 4 aromatic heterocycles. The third-order valence-electron chi connectivity index (χ3n) is 8.89. The van der Waals surface area contributed by atoms with Crippen molar-refractivity contribution in [1.29, 1.82) is 0 Å². The Bertz CT molecular complexity index is 1960. The fourth-order valence-corrected chi connectivity index (χ4v) is 7.38. The van der Waals surface area contributed by atoms with Crippen molar-refractivity contribution in [3.63, 3.8) is 0 Å². The molecule has 0 radical (unpaired) electrons. The number of amides is 2. The van der Waals surface area contributed by atoms with Gasteiger partial charge in [0.25, 0.3) is 0 Å². The number of pyridine rings is 3. The molecule has 1 unspecified atom stereocenters. The van der Waals surface area contributed by atoms with Crippen LogP contribution in [0.4, 0.5) is 29.6 Å². The van der Waals surface area contributed by atoms with Crippen molar-refractivity contribution in [1.82, 2.24) is 29.7 Å². The first-order chi connectivity index (χ1) is 23.4. The SMILES string of the molecule is CCNC(=O)Nc1cc(-c2nc(C(F)(F)F)cs2)c(-c2cc3c(=O)c(C(=O)O)cn(C[C@@H]4CCCN4CC)c3nc2N2CCC(N)C2)cn1. The van der Waals surface area contributed by atoms with Crippen LogP contribution in [-0.2, 0) is 12.7 Å². The number of aromatic carboxylic acids is 1. The number of nitrogens with one attached hydrogen (secondary N) is 2. The van der Waals surface area contributed by atoms with Crippen molar-refractivity contribution in [3.8, 4) is 21.7 Å². The molecular weight excluding hydrogens is 663 g/mol. The van der Waals surface area contributed by atoms with E-state index in [0.717, 1.165) is 42.6 Å². The lowest BCUT2D eigenvalue weighted by atomic mass is 10.00. The number of hydrogen-bond donors (Lipinski definition) is 4. The summed E-state index contributed by atoms with van der Waals surface area (Å²) in [6, 6.07) is 2.32. The number of carboxylic acids is 1. The largest absolute Gasteiger partial charge is 0.477 e. The monoisotopic (exact) mass is 699 g/mol. The number of halogens is 3. The second-order valence-corrected chi connectivity index (χ2v) is 13.0. The number of aromatic nitrogens is 4. The van der Waals surface area contributed by atoms with E-state index in [1.807, 2.05) is 4.90 Å². The van der Waals surface area contributed by atoms with Gasteiger partial charge >= 0.3 is 18.2 Å². The predicted octanol–water partition coefficient (Wildman–Crippen LogP) is 4.46. The van der Waals surface area contributed by atoms with Crippen LogP contribution in [0, 0.1) is 0 Å². The molecule has 6 heterocycles. The number of carboxylic acid groups (broad SMARTS) is 1. The molecule has 0 saturated carbocycles. The molecule has 13 nitrogen and oxygen atoms in total. The van der Waals surface area contributed by atoms with Crippen molar-refractivity contribution in [2.45, 2.75) is 57.9 Å². The molecular formula is C32H36F3N9O4S. The van der Waals surface area contributed by atoms with Gasteiger partial charge in [-0.3, -0.25) is 15.0 Å². The highest BCUT2D eigenvalue weighted by Gasteiger charge is 2.35. The normalized spacial score (nSPS) is 18.4. The zero-order chi connectivity index (χ0) is 35.0. The Hall–Kier alpha value is -4.61. The Morgan fingerprint density at radius 1 is 1.12 bits per heavy atom. The van der Waals surface area contributed by atoms with Gasteiger partial charge in [-0.15, -0.1) is 11.3 Å². The lowest BCUT2D eigenvalue weighted by molar-refractivity contribution is -0.140. The first-order valence-electron chi connectivity index (χ1n) is 16.0. The molecule has 5 N–H and O–H groups in total. The van der Waals surface area contributed by atoms with Crippen LogP contribution in [0.25, 0.3) is 32.7 Å². The first kappa shape index (κ1) is 34.3. The highest BCUT2D eigenvalue weighted by atomic mass is 32.1. The molecule has 2 amide bonds. The Kier molecular flexibility index (Phi) is 9.59. The quantitative estimate of drug-likeness (QED) is 0.196. The van der Waals surface area contributed by atoms with Crippen LogP contribution in [0.1, 0.15) is 49.2 Å². The number of anilines is 2. The van der Waals surface area contributed by atoms with Crippen LogP contribution in [0.3, 0.4) is 0 Å². The van der Waals surface area contributed by atoms with Crippen molar-refractivity contribution in [2.24, 2.45) is 5.73 Å². The summed E-state index contributed by atoms with van der Waals surface area (Å²) in [7, 11) is 0. The molecule has 49 heavy (non-hydrogen) atoms. The fourth-order valence-electron chi connectivity index (χ4n) is 6.52. The maximum absolute atomic E-state index is 13.8. The van der Waals surface area contributed by atoms with E-state index in [-0.39, 0.29) is 45.1 Å². The Balaban J connectivity index is 1.61. The van der Waals surface area contributed by atoms with Crippen LogP contribution in [-0.4, -0.2) is 86.3 Å². The minimum absolute atomic E-state index is 0.00886.